The predicted octanol–water partition coefficient (Wildman–Crippen LogP) is 1.06. The molecule has 2 aliphatic rings. The average Bonchev–Trinajstić information content (AvgIpc) is 3.00. The molecule has 1 aromatic rings. The van der Waals surface area contributed by atoms with Crippen molar-refractivity contribution in [1.82, 2.24) is 5.32 Å². The summed E-state index contributed by atoms with van der Waals surface area (Å²) in [7, 11) is 0. The van der Waals surface area contributed by atoms with Gasteiger partial charge in [-0.3, -0.25) is 14.9 Å². The van der Waals surface area contributed by atoms with Gasteiger partial charge in [0.1, 0.15) is 18.9 Å². The Morgan fingerprint density at radius 1 is 1.33 bits per heavy atom. The fraction of sp³-hybridized carbons (Fsp3) is 0.462. The highest BCUT2D eigenvalue weighted by atomic mass is 16.6. The van der Waals surface area contributed by atoms with Gasteiger partial charge in [0.25, 0.3) is 5.69 Å². The zero-order valence-corrected chi connectivity index (χ0v) is 11.3. The van der Waals surface area contributed by atoms with E-state index in [-0.39, 0.29) is 23.3 Å². The number of hydrogen-bond donors (Lipinski definition) is 2. The Morgan fingerprint density at radius 3 is 2.67 bits per heavy atom. The van der Waals surface area contributed by atoms with Crippen LogP contribution in [-0.2, 0) is 4.79 Å². The molecule has 1 fully saturated rings. The van der Waals surface area contributed by atoms with Gasteiger partial charge in [0.2, 0.25) is 5.91 Å². The molecule has 1 amide bonds. The van der Waals surface area contributed by atoms with Gasteiger partial charge in [-0.15, -0.1) is 0 Å². The summed E-state index contributed by atoms with van der Waals surface area (Å²) in [5.74, 6) is 0.457. The van der Waals surface area contributed by atoms with Crippen molar-refractivity contribution in [2.75, 3.05) is 25.1 Å². The molecule has 1 aromatic carbocycles. The maximum Gasteiger partial charge on any atom is 0.296 e. The molecule has 0 saturated carbocycles. The van der Waals surface area contributed by atoms with Gasteiger partial charge < -0.3 is 20.1 Å². The fourth-order valence-corrected chi connectivity index (χ4v) is 2.46. The highest BCUT2D eigenvalue weighted by Gasteiger charge is 2.27. The number of rotatable bonds is 3. The third kappa shape index (κ3) is 2.75. The molecule has 2 aliphatic heterocycles. The summed E-state index contributed by atoms with van der Waals surface area (Å²) >= 11 is 0. The monoisotopic (exact) mass is 293 g/mol. The van der Waals surface area contributed by atoms with Crippen LogP contribution in [0.25, 0.3) is 0 Å². The van der Waals surface area contributed by atoms with E-state index in [1.807, 2.05) is 0 Å². The van der Waals surface area contributed by atoms with Crippen molar-refractivity contribution in [3.8, 4) is 11.5 Å². The second-order valence-electron chi connectivity index (χ2n) is 4.91. The van der Waals surface area contributed by atoms with E-state index >= 15 is 0 Å². The summed E-state index contributed by atoms with van der Waals surface area (Å²) in [4.78, 5) is 22.7. The Kier molecular flexibility index (Phi) is 3.61. The van der Waals surface area contributed by atoms with E-state index in [0.29, 0.717) is 24.7 Å². The molecule has 0 spiro atoms. The number of carbonyl (C=O) groups excluding carboxylic acids is 1. The van der Waals surface area contributed by atoms with Gasteiger partial charge in [-0.2, -0.15) is 0 Å². The number of ether oxygens (including phenoxy) is 2. The standard InChI is InChI=1S/C13H15N3O5/c17-13(8-2-1-3-14-8)15-9-6-11-12(21-5-4-20-11)7-10(9)16(18)19/h6-8,14H,1-5H2,(H,15,17)/t8-/m1/s1. The quantitative estimate of drug-likeness (QED) is 0.638. The maximum atomic E-state index is 12.1. The number of amides is 1. The summed E-state index contributed by atoms with van der Waals surface area (Å²) in [6.45, 7) is 1.51. The van der Waals surface area contributed by atoms with E-state index in [4.69, 9.17) is 9.47 Å². The maximum absolute atomic E-state index is 12.1. The van der Waals surface area contributed by atoms with Crippen molar-refractivity contribution < 1.29 is 19.2 Å². The Labute approximate surface area is 120 Å². The zero-order chi connectivity index (χ0) is 14.8. The molecule has 8 heteroatoms. The highest BCUT2D eigenvalue weighted by molar-refractivity contribution is 5.97. The molecule has 2 N–H and O–H groups in total. The van der Waals surface area contributed by atoms with Crippen LogP contribution in [0.3, 0.4) is 0 Å². The van der Waals surface area contributed by atoms with Crippen LogP contribution in [0.1, 0.15) is 12.8 Å². The minimum absolute atomic E-state index is 0.128. The first-order valence-corrected chi connectivity index (χ1v) is 6.77. The predicted molar refractivity (Wildman–Crippen MR) is 73.7 cm³/mol. The average molecular weight is 293 g/mol. The van der Waals surface area contributed by atoms with E-state index in [0.717, 1.165) is 19.4 Å². The fourth-order valence-electron chi connectivity index (χ4n) is 2.46. The number of fused-ring (bicyclic) bond motifs is 1. The van der Waals surface area contributed by atoms with Gasteiger partial charge in [-0.25, -0.2) is 0 Å². The summed E-state index contributed by atoms with van der Waals surface area (Å²) in [6, 6.07) is 2.42. The molecule has 3 rings (SSSR count). The Bertz CT molecular complexity index is 583. The van der Waals surface area contributed by atoms with Gasteiger partial charge in [0.15, 0.2) is 11.5 Å². The summed E-state index contributed by atoms with van der Waals surface area (Å²) in [5.41, 5.74) is -0.0754. The van der Waals surface area contributed by atoms with Gasteiger partial charge >= 0.3 is 0 Å². The molecule has 112 valence electrons. The minimum atomic E-state index is -0.546. The number of hydrogen-bond acceptors (Lipinski definition) is 6. The molecule has 1 atom stereocenters. The van der Waals surface area contributed by atoms with Crippen molar-refractivity contribution in [2.45, 2.75) is 18.9 Å². The Balaban J connectivity index is 1.88. The third-order valence-electron chi connectivity index (χ3n) is 3.49. The Hall–Kier alpha value is -2.35. The van der Waals surface area contributed by atoms with Crippen molar-refractivity contribution in [3.05, 3.63) is 22.2 Å². The smallest absolute Gasteiger partial charge is 0.296 e. The van der Waals surface area contributed by atoms with Crippen molar-refractivity contribution >= 4 is 17.3 Å². The molecule has 0 aliphatic carbocycles. The minimum Gasteiger partial charge on any atom is -0.486 e. The van der Waals surface area contributed by atoms with Gasteiger partial charge in [-0.05, 0) is 19.4 Å². The van der Waals surface area contributed by atoms with Crippen LogP contribution >= 0.6 is 0 Å². The lowest BCUT2D eigenvalue weighted by Crippen LogP contribution is -2.35. The van der Waals surface area contributed by atoms with Crippen LogP contribution in [0.4, 0.5) is 11.4 Å². The van der Waals surface area contributed by atoms with Crippen molar-refractivity contribution in [3.63, 3.8) is 0 Å². The van der Waals surface area contributed by atoms with Crippen LogP contribution in [0.15, 0.2) is 12.1 Å². The van der Waals surface area contributed by atoms with E-state index in [2.05, 4.69) is 10.6 Å². The lowest BCUT2D eigenvalue weighted by Gasteiger charge is -2.19. The zero-order valence-electron chi connectivity index (χ0n) is 11.3. The van der Waals surface area contributed by atoms with E-state index in [1.165, 1.54) is 12.1 Å². The molecule has 8 nitrogen and oxygen atoms in total. The normalized spacial score (nSPS) is 20.1. The highest BCUT2D eigenvalue weighted by Crippen LogP contribution is 2.39. The number of benzene rings is 1. The summed E-state index contributed by atoms with van der Waals surface area (Å²) in [5, 5.41) is 16.8. The molecular formula is C13H15N3O5. The Morgan fingerprint density at radius 2 is 2.05 bits per heavy atom. The molecule has 0 aromatic heterocycles. The van der Waals surface area contributed by atoms with Crippen molar-refractivity contribution in [2.24, 2.45) is 0 Å². The third-order valence-corrected chi connectivity index (χ3v) is 3.49. The van der Waals surface area contributed by atoms with Gasteiger partial charge in [0, 0.05) is 6.07 Å². The first-order valence-electron chi connectivity index (χ1n) is 6.77. The summed E-state index contributed by atoms with van der Waals surface area (Å²) < 4.78 is 10.7. The number of nitro groups is 1. The number of nitrogens with one attached hydrogen (secondary N) is 2. The molecule has 0 bridgehead atoms. The molecule has 0 radical (unpaired) electrons. The first kappa shape index (κ1) is 13.6. The lowest BCUT2D eigenvalue weighted by atomic mass is 10.2. The van der Waals surface area contributed by atoms with Crippen LogP contribution in [0.2, 0.25) is 0 Å². The number of carbonyl (C=O) groups is 1. The second kappa shape index (κ2) is 5.57. The van der Waals surface area contributed by atoms with Gasteiger partial charge in [0.05, 0.1) is 17.0 Å². The van der Waals surface area contributed by atoms with E-state index in [1.54, 1.807) is 0 Å². The second-order valence-corrected chi connectivity index (χ2v) is 4.91. The molecule has 0 unspecified atom stereocenters. The molecule has 21 heavy (non-hydrogen) atoms. The van der Waals surface area contributed by atoms with Crippen LogP contribution in [-0.4, -0.2) is 36.6 Å². The van der Waals surface area contributed by atoms with Crippen LogP contribution < -0.4 is 20.1 Å². The van der Waals surface area contributed by atoms with E-state index < -0.39 is 4.92 Å². The van der Waals surface area contributed by atoms with Crippen LogP contribution in [0.5, 0.6) is 11.5 Å². The number of anilines is 1. The molecular weight excluding hydrogens is 278 g/mol. The van der Waals surface area contributed by atoms with E-state index in [9.17, 15) is 14.9 Å². The van der Waals surface area contributed by atoms with Gasteiger partial charge in [-0.1, -0.05) is 0 Å². The number of nitro benzene ring substituents is 1. The first-order chi connectivity index (χ1) is 10.1. The SMILES string of the molecule is O=C(Nc1cc2c(cc1[N+](=O)[O-])OCCO2)[C@H]1CCCN1. The topological polar surface area (TPSA) is 103 Å². The van der Waals surface area contributed by atoms with Crippen molar-refractivity contribution in [1.29, 1.82) is 0 Å². The largest absolute Gasteiger partial charge is 0.486 e. The van der Waals surface area contributed by atoms with Crippen LogP contribution in [0, 0.1) is 10.1 Å². The molecule has 1 saturated heterocycles. The summed E-state index contributed by atoms with van der Waals surface area (Å²) in [6.07, 6.45) is 1.64. The lowest BCUT2D eigenvalue weighted by molar-refractivity contribution is -0.384. The number of nitrogens with zero attached hydrogens (tertiary/aromatic N) is 1. The molecule has 2 heterocycles.